The van der Waals surface area contributed by atoms with E-state index in [1.807, 2.05) is 4.90 Å². The number of hydrogen-bond acceptors (Lipinski definition) is 4. The molecular weight excluding hydrogens is 360 g/mol. The SMILES string of the molecule is CC1CCN(C(=O)c2csc(NC(=O)Nc3cccc(Cl)c3)n2)CC1. The molecule has 1 saturated heterocycles. The topological polar surface area (TPSA) is 74.3 Å². The lowest BCUT2D eigenvalue weighted by atomic mass is 9.99. The standard InChI is InChI=1S/C17H19ClN4O2S/c1-11-5-7-22(8-6-11)15(23)14-10-25-17(20-14)21-16(24)19-13-4-2-3-12(18)9-13/h2-4,9-11H,5-8H2,1H3,(H2,19,20,21,24). The highest BCUT2D eigenvalue weighted by atomic mass is 35.5. The van der Waals surface area contributed by atoms with Crippen LogP contribution in [0.3, 0.4) is 0 Å². The molecular formula is C17H19ClN4O2S. The first-order valence-corrected chi connectivity index (χ1v) is 9.35. The van der Waals surface area contributed by atoms with Gasteiger partial charge in [0, 0.05) is 29.2 Å². The second kappa shape index (κ2) is 7.84. The van der Waals surface area contributed by atoms with Gasteiger partial charge in [-0.25, -0.2) is 9.78 Å². The molecule has 2 aromatic rings. The number of anilines is 2. The Labute approximate surface area is 155 Å². The van der Waals surface area contributed by atoms with E-state index in [9.17, 15) is 9.59 Å². The van der Waals surface area contributed by atoms with Crippen molar-refractivity contribution in [1.82, 2.24) is 9.88 Å². The number of aromatic nitrogens is 1. The third-order valence-electron chi connectivity index (χ3n) is 4.10. The molecule has 2 heterocycles. The molecule has 0 atom stereocenters. The molecule has 0 unspecified atom stereocenters. The molecule has 0 radical (unpaired) electrons. The van der Waals surface area contributed by atoms with Crippen LogP contribution < -0.4 is 10.6 Å². The van der Waals surface area contributed by atoms with Gasteiger partial charge in [-0.2, -0.15) is 0 Å². The fraction of sp³-hybridized carbons (Fsp3) is 0.353. The van der Waals surface area contributed by atoms with Gasteiger partial charge in [-0.05, 0) is 37.0 Å². The normalized spacial score (nSPS) is 15.0. The van der Waals surface area contributed by atoms with Crippen LogP contribution in [0.25, 0.3) is 0 Å². The van der Waals surface area contributed by atoms with E-state index >= 15 is 0 Å². The van der Waals surface area contributed by atoms with Gasteiger partial charge in [0.15, 0.2) is 5.13 Å². The first-order valence-electron chi connectivity index (χ1n) is 8.09. The van der Waals surface area contributed by atoms with Crippen LogP contribution in [0.15, 0.2) is 29.6 Å². The van der Waals surface area contributed by atoms with Gasteiger partial charge in [-0.1, -0.05) is 24.6 Å². The van der Waals surface area contributed by atoms with Gasteiger partial charge >= 0.3 is 6.03 Å². The maximum Gasteiger partial charge on any atom is 0.325 e. The van der Waals surface area contributed by atoms with E-state index in [0.29, 0.717) is 27.5 Å². The third-order valence-corrected chi connectivity index (χ3v) is 5.09. The Bertz CT molecular complexity index is 772. The van der Waals surface area contributed by atoms with E-state index in [0.717, 1.165) is 25.9 Å². The minimum Gasteiger partial charge on any atom is -0.337 e. The van der Waals surface area contributed by atoms with E-state index < -0.39 is 6.03 Å². The van der Waals surface area contributed by atoms with Crippen molar-refractivity contribution in [2.75, 3.05) is 23.7 Å². The van der Waals surface area contributed by atoms with Crippen molar-refractivity contribution >= 4 is 45.7 Å². The van der Waals surface area contributed by atoms with Crippen LogP contribution in [0.5, 0.6) is 0 Å². The number of benzene rings is 1. The zero-order valence-corrected chi connectivity index (χ0v) is 15.4. The van der Waals surface area contributed by atoms with Gasteiger partial charge in [-0.15, -0.1) is 11.3 Å². The second-order valence-corrected chi connectivity index (χ2v) is 7.40. The lowest BCUT2D eigenvalue weighted by molar-refractivity contribution is 0.0692. The highest BCUT2D eigenvalue weighted by molar-refractivity contribution is 7.14. The Hall–Kier alpha value is -2.12. The number of hydrogen-bond donors (Lipinski definition) is 2. The number of thiazole rings is 1. The second-order valence-electron chi connectivity index (χ2n) is 6.10. The van der Waals surface area contributed by atoms with Crippen LogP contribution >= 0.6 is 22.9 Å². The summed E-state index contributed by atoms with van der Waals surface area (Å²) in [7, 11) is 0. The number of nitrogens with one attached hydrogen (secondary N) is 2. The predicted octanol–water partition coefficient (Wildman–Crippen LogP) is 4.31. The van der Waals surface area contributed by atoms with Gasteiger partial charge in [-0.3, -0.25) is 10.1 Å². The Morgan fingerprint density at radius 3 is 2.76 bits per heavy atom. The van der Waals surface area contributed by atoms with Crippen LogP contribution in [0.1, 0.15) is 30.3 Å². The Kier molecular flexibility index (Phi) is 5.55. The van der Waals surface area contributed by atoms with E-state index in [1.54, 1.807) is 29.6 Å². The Morgan fingerprint density at radius 1 is 1.28 bits per heavy atom. The van der Waals surface area contributed by atoms with Crippen molar-refractivity contribution < 1.29 is 9.59 Å². The van der Waals surface area contributed by atoms with Crippen LogP contribution in [-0.4, -0.2) is 34.9 Å². The van der Waals surface area contributed by atoms with Crippen LogP contribution in [0.2, 0.25) is 5.02 Å². The lowest BCUT2D eigenvalue weighted by Crippen LogP contribution is -2.38. The van der Waals surface area contributed by atoms with E-state index in [4.69, 9.17) is 11.6 Å². The molecule has 1 aliphatic heterocycles. The van der Waals surface area contributed by atoms with Gasteiger partial charge in [0.1, 0.15) is 5.69 Å². The number of carbonyl (C=O) groups excluding carboxylic acids is 2. The molecule has 6 nitrogen and oxygen atoms in total. The summed E-state index contributed by atoms with van der Waals surface area (Å²) in [6.07, 6.45) is 2.03. The fourth-order valence-electron chi connectivity index (χ4n) is 2.63. The summed E-state index contributed by atoms with van der Waals surface area (Å²) in [5.41, 5.74) is 0.956. The first kappa shape index (κ1) is 17.7. The quantitative estimate of drug-likeness (QED) is 0.835. The summed E-state index contributed by atoms with van der Waals surface area (Å²) in [6, 6.07) is 6.43. The van der Waals surface area contributed by atoms with Gasteiger partial charge in [0.25, 0.3) is 5.91 Å². The van der Waals surface area contributed by atoms with Gasteiger partial charge < -0.3 is 10.2 Å². The maximum atomic E-state index is 12.5. The molecule has 1 aromatic carbocycles. The number of halogens is 1. The molecule has 0 saturated carbocycles. The summed E-state index contributed by atoms with van der Waals surface area (Å²) < 4.78 is 0. The zero-order valence-electron chi connectivity index (χ0n) is 13.8. The number of likely N-dealkylation sites (tertiary alicyclic amines) is 1. The van der Waals surface area contributed by atoms with Crippen molar-refractivity contribution in [3.8, 4) is 0 Å². The minimum atomic E-state index is -0.428. The average Bonchev–Trinajstić information content (AvgIpc) is 3.03. The molecule has 3 amide bonds. The number of nitrogens with zero attached hydrogens (tertiary/aromatic N) is 2. The van der Waals surface area contributed by atoms with Crippen LogP contribution in [-0.2, 0) is 0 Å². The van der Waals surface area contributed by atoms with Crippen LogP contribution in [0.4, 0.5) is 15.6 Å². The molecule has 0 bridgehead atoms. The molecule has 132 valence electrons. The molecule has 1 aromatic heterocycles. The molecule has 8 heteroatoms. The van der Waals surface area contributed by atoms with E-state index in [-0.39, 0.29) is 5.91 Å². The number of rotatable bonds is 3. The Balaban J connectivity index is 1.57. The van der Waals surface area contributed by atoms with Crippen molar-refractivity contribution in [2.24, 2.45) is 5.92 Å². The molecule has 0 spiro atoms. The summed E-state index contributed by atoms with van der Waals surface area (Å²) in [6.45, 7) is 3.72. The highest BCUT2D eigenvalue weighted by Crippen LogP contribution is 2.21. The third kappa shape index (κ3) is 4.70. The van der Waals surface area contributed by atoms with E-state index in [1.165, 1.54) is 11.3 Å². The minimum absolute atomic E-state index is 0.0774. The monoisotopic (exact) mass is 378 g/mol. The van der Waals surface area contributed by atoms with E-state index in [2.05, 4.69) is 22.5 Å². The number of urea groups is 1. The van der Waals surface area contributed by atoms with Gasteiger partial charge in [0.05, 0.1) is 0 Å². The van der Waals surface area contributed by atoms with Crippen LogP contribution in [0, 0.1) is 5.92 Å². The van der Waals surface area contributed by atoms with Crippen molar-refractivity contribution in [3.05, 3.63) is 40.4 Å². The maximum absolute atomic E-state index is 12.5. The number of piperidine rings is 1. The zero-order chi connectivity index (χ0) is 17.8. The molecule has 1 aliphatic rings. The summed E-state index contributed by atoms with van der Waals surface area (Å²) in [5.74, 6) is 0.582. The molecule has 2 N–H and O–H groups in total. The molecule has 25 heavy (non-hydrogen) atoms. The number of amides is 3. The summed E-state index contributed by atoms with van der Waals surface area (Å²) in [4.78, 5) is 30.5. The lowest BCUT2D eigenvalue weighted by Gasteiger charge is -2.29. The molecule has 0 aliphatic carbocycles. The predicted molar refractivity (Wildman–Crippen MR) is 101 cm³/mol. The van der Waals surface area contributed by atoms with Crippen molar-refractivity contribution in [1.29, 1.82) is 0 Å². The summed E-state index contributed by atoms with van der Waals surface area (Å²) in [5, 5.41) is 7.91. The van der Waals surface area contributed by atoms with Gasteiger partial charge in [0.2, 0.25) is 0 Å². The highest BCUT2D eigenvalue weighted by Gasteiger charge is 2.23. The van der Waals surface area contributed by atoms with Crippen molar-refractivity contribution in [2.45, 2.75) is 19.8 Å². The average molecular weight is 379 g/mol. The van der Waals surface area contributed by atoms with Crippen molar-refractivity contribution in [3.63, 3.8) is 0 Å². The smallest absolute Gasteiger partial charge is 0.325 e. The molecule has 1 fully saturated rings. The largest absolute Gasteiger partial charge is 0.337 e. The Morgan fingerprint density at radius 2 is 2.04 bits per heavy atom. The molecule has 3 rings (SSSR count). The fourth-order valence-corrected chi connectivity index (χ4v) is 3.50. The summed E-state index contributed by atoms with van der Waals surface area (Å²) >= 11 is 7.11. The first-order chi connectivity index (χ1) is 12.0. The number of carbonyl (C=O) groups is 2.